The highest BCUT2D eigenvalue weighted by Crippen LogP contribution is 2.42. The molecule has 3 heterocycles. The normalized spacial score (nSPS) is 17.5. The first-order valence-corrected chi connectivity index (χ1v) is 11.8. The highest BCUT2D eigenvalue weighted by atomic mass is 32.1. The molecule has 3 aromatic rings. The molecule has 9 nitrogen and oxygen atoms in total. The molecule has 0 saturated carbocycles. The zero-order valence-corrected chi connectivity index (χ0v) is 21.0. The van der Waals surface area contributed by atoms with Gasteiger partial charge in [0.15, 0.2) is 5.11 Å². The fraction of sp³-hybridized carbons (Fsp3) is 0.360. The Morgan fingerprint density at radius 2 is 2.00 bits per heavy atom. The maximum atomic E-state index is 11.9. The van der Waals surface area contributed by atoms with E-state index in [1.165, 1.54) is 13.2 Å². The summed E-state index contributed by atoms with van der Waals surface area (Å²) in [5.74, 6) is 0.438. The van der Waals surface area contributed by atoms with Gasteiger partial charge in [0, 0.05) is 37.8 Å². The third-order valence-electron chi connectivity index (χ3n) is 6.35. The van der Waals surface area contributed by atoms with E-state index in [2.05, 4.69) is 21.3 Å². The first-order chi connectivity index (χ1) is 16.9. The van der Waals surface area contributed by atoms with E-state index in [0.29, 0.717) is 29.7 Å². The van der Waals surface area contributed by atoms with E-state index >= 15 is 0 Å². The first kappa shape index (κ1) is 24.6. The van der Waals surface area contributed by atoms with E-state index in [-0.39, 0.29) is 22.7 Å². The molecule has 0 amide bonds. The first-order valence-electron chi connectivity index (χ1n) is 11.4. The van der Waals surface area contributed by atoms with Gasteiger partial charge in [-0.15, -0.1) is 0 Å². The molecule has 2 atom stereocenters. The van der Waals surface area contributed by atoms with E-state index in [1.54, 1.807) is 25.4 Å². The number of aryl methyl sites for hydroxylation is 1. The Morgan fingerprint density at radius 3 is 2.66 bits per heavy atom. The Bertz CT molecular complexity index is 1230. The second kappa shape index (κ2) is 10.4. The van der Waals surface area contributed by atoms with Gasteiger partial charge in [0.05, 0.1) is 35.9 Å². The van der Waals surface area contributed by atoms with Crippen LogP contribution in [0.2, 0.25) is 0 Å². The number of nitrogens with one attached hydrogen (secondary N) is 1. The van der Waals surface area contributed by atoms with E-state index in [4.69, 9.17) is 21.7 Å². The topological polar surface area (TPSA) is 94.7 Å². The van der Waals surface area contributed by atoms with Gasteiger partial charge < -0.3 is 24.3 Å². The molecule has 1 aromatic carbocycles. The summed E-state index contributed by atoms with van der Waals surface area (Å²) in [5.41, 5.74) is 4.19. The molecule has 0 spiro atoms. The minimum absolute atomic E-state index is 0.0176. The van der Waals surface area contributed by atoms with Crippen LogP contribution in [0.3, 0.4) is 0 Å². The van der Waals surface area contributed by atoms with Gasteiger partial charge in [-0.1, -0.05) is 6.07 Å². The van der Waals surface area contributed by atoms with E-state index < -0.39 is 0 Å². The molecule has 1 saturated heterocycles. The van der Waals surface area contributed by atoms with Gasteiger partial charge in [0.1, 0.15) is 11.4 Å². The Labute approximate surface area is 209 Å². The van der Waals surface area contributed by atoms with Crippen molar-refractivity contribution in [2.45, 2.75) is 32.4 Å². The lowest BCUT2D eigenvalue weighted by Crippen LogP contribution is -2.31. The average molecular weight is 496 g/mol. The predicted molar refractivity (Wildman–Crippen MR) is 137 cm³/mol. The SMILES string of the molecule is COCCCN1C(=S)N[C@H](c2ccccn2)[C@H]1c1cc(C)n(-c2ccc(OC)cc2[N+](=O)[O-])c1C. The fourth-order valence-electron chi connectivity index (χ4n) is 4.79. The van der Waals surface area contributed by atoms with E-state index in [1.807, 2.05) is 36.6 Å². The summed E-state index contributed by atoms with van der Waals surface area (Å²) >= 11 is 5.74. The zero-order chi connectivity index (χ0) is 25.1. The quantitative estimate of drug-likeness (QED) is 0.202. The summed E-state index contributed by atoms with van der Waals surface area (Å²) < 4.78 is 12.4. The number of thiocarbonyl (C=S) groups is 1. The second-order valence-corrected chi connectivity index (χ2v) is 8.83. The van der Waals surface area contributed by atoms with Crippen molar-refractivity contribution in [3.8, 4) is 11.4 Å². The van der Waals surface area contributed by atoms with Crippen molar-refractivity contribution in [1.82, 2.24) is 19.8 Å². The van der Waals surface area contributed by atoms with Crippen LogP contribution in [-0.4, -0.2) is 51.9 Å². The molecule has 184 valence electrons. The molecule has 1 fully saturated rings. The van der Waals surface area contributed by atoms with Crippen LogP contribution >= 0.6 is 12.2 Å². The lowest BCUT2D eigenvalue weighted by molar-refractivity contribution is -0.384. The van der Waals surface area contributed by atoms with Gasteiger partial charge in [-0.2, -0.15) is 0 Å². The molecule has 1 aliphatic rings. The van der Waals surface area contributed by atoms with Crippen molar-refractivity contribution in [1.29, 1.82) is 0 Å². The van der Waals surface area contributed by atoms with Crippen LogP contribution in [0.4, 0.5) is 5.69 Å². The van der Waals surface area contributed by atoms with Gasteiger partial charge in [0.2, 0.25) is 0 Å². The Kier molecular flexibility index (Phi) is 7.32. The van der Waals surface area contributed by atoms with Crippen molar-refractivity contribution >= 4 is 23.0 Å². The number of hydrogen-bond acceptors (Lipinski definition) is 6. The largest absolute Gasteiger partial charge is 0.496 e. The molecule has 35 heavy (non-hydrogen) atoms. The molecule has 0 bridgehead atoms. The highest BCUT2D eigenvalue weighted by molar-refractivity contribution is 7.80. The van der Waals surface area contributed by atoms with Crippen LogP contribution in [0.15, 0.2) is 48.7 Å². The van der Waals surface area contributed by atoms with Crippen molar-refractivity contribution < 1.29 is 14.4 Å². The summed E-state index contributed by atoms with van der Waals surface area (Å²) in [6.45, 7) is 5.27. The van der Waals surface area contributed by atoms with Gasteiger partial charge in [0.25, 0.3) is 5.69 Å². The number of nitro benzene ring substituents is 1. The molecule has 0 aliphatic carbocycles. The smallest absolute Gasteiger partial charge is 0.296 e. The predicted octanol–water partition coefficient (Wildman–Crippen LogP) is 4.41. The molecular formula is C25H29N5O4S. The van der Waals surface area contributed by atoms with Crippen molar-refractivity contribution in [3.63, 3.8) is 0 Å². The molecule has 1 aliphatic heterocycles. The number of nitrogens with zero attached hydrogens (tertiary/aromatic N) is 4. The van der Waals surface area contributed by atoms with E-state index in [9.17, 15) is 10.1 Å². The number of pyridine rings is 1. The highest BCUT2D eigenvalue weighted by Gasteiger charge is 2.41. The van der Waals surface area contributed by atoms with Gasteiger partial charge in [-0.05, 0) is 68.4 Å². The number of aromatic nitrogens is 2. The van der Waals surface area contributed by atoms with Crippen LogP contribution in [0, 0.1) is 24.0 Å². The zero-order valence-electron chi connectivity index (χ0n) is 20.2. The molecule has 0 unspecified atom stereocenters. The maximum Gasteiger partial charge on any atom is 0.296 e. The van der Waals surface area contributed by atoms with Gasteiger partial charge >= 0.3 is 0 Å². The number of rotatable bonds is 9. The van der Waals surface area contributed by atoms with Crippen LogP contribution in [0.25, 0.3) is 5.69 Å². The molecule has 0 radical (unpaired) electrons. The number of ether oxygens (including phenoxy) is 2. The van der Waals surface area contributed by atoms with Crippen molar-refractivity contribution in [3.05, 3.63) is 81.4 Å². The summed E-state index contributed by atoms with van der Waals surface area (Å²) in [7, 11) is 3.18. The van der Waals surface area contributed by atoms with E-state index in [0.717, 1.165) is 29.1 Å². The molecule has 2 aromatic heterocycles. The molecule has 1 N–H and O–H groups in total. The summed E-state index contributed by atoms with van der Waals surface area (Å²) in [5, 5.41) is 16.0. The van der Waals surface area contributed by atoms with Crippen LogP contribution in [0.5, 0.6) is 5.75 Å². The van der Waals surface area contributed by atoms with Gasteiger partial charge in [-0.25, -0.2) is 0 Å². The van der Waals surface area contributed by atoms with Crippen molar-refractivity contribution in [2.75, 3.05) is 27.4 Å². The monoisotopic (exact) mass is 495 g/mol. The number of methoxy groups -OCH3 is 2. The number of nitro groups is 1. The van der Waals surface area contributed by atoms with Crippen LogP contribution in [-0.2, 0) is 4.74 Å². The van der Waals surface area contributed by atoms with Gasteiger partial charge in [-0.3, -0.25) is 15.1 Å². The minimum atomic E-state index is -0.379. The molecule has 4 rings (SSSR count). The number of hydrogen-bond donors (Lipinski definition) is 1. The summed E-state index contributed by atoms with van der Waals surface area (Å²) in [4.78, 5) is 18.3. The second-order valence-electron chi connectivity index (χ2n) is 8.44. The Morgan fingerprint density at radius 1 is 1.20 bits per heavy atom. The number of benzene rings is 1. The van der Waals surface area contributed by atoms with Crippen LogP contribution < -0.4 is 10.1 Å². The average Bonchev–Trinajstić information content (AvgIpc) is 3.34. The lowest BCUT2D eigenvalue weighted by Gasteiger charge is -2.28. The summed E-state index contributed by atoms with van der Waals surface area (Å²) in [6.07, 6.45) is 2.58. The minimum Gasteiger partial charge on any atom is -0.496 e. The third-order valence-corrected chi connectivity index (χ3v) is 6.71. The fourth-order valence-corrected chi connectivity index (χ4v) is 5.12. The Hall–Kier alpha value is -3.50. The molecular weight excluding hydrogens is 466 g/mol. The molecule has 10 heteroatoms. The standard InChI is InChI=1S/C25H29N5O4S/c1-16-14-19(17(2)29(16)21-10-9-18(34-4)15-22(21)30(31)32)24-23(20-8-5-6-11-26-20)27-25(35)28(24)12-7-13-33-3/h5-6,8-11,14-15,23-24H,7,12-13H2,1-4H3,(H,27,35)/t23-,24-/m1/s1. The lowest BCUT2D eigenvalue weighted by atomic mass is 9.96. The third kappa shape index (κ3) is 4.71. The maximum absolute atomic E-state index is 11.9. The van der Waals surface area contributed by atoms with Crippen LogP contribution in [0.1, 0.15) is 41.1 Å². The van der Waals surface area contributed by atoms with Crippen molar-refractivity contribution in [2.24, 2.45) is 0 Å². The summed E-state index contributed by atoms with van der Waals surface area (Å²) in [6, 6.07) is 12.5. The Balaban J connectivity index is 1.83.